The van der Waals surface area contributed by atoms with Crippen molar-refractivity contribution >= 4 is 23.2 Å². The van der Waals surface area contributed by atoms with Crippen molar-refractivity contribution in [1.82, 2.24) is 16.2 Å². The van der Waals surface area contributed by atoms with Crippen LogP contribution in [0.5, 0.6) is 0 Å². The molecule has 2 aromatic rings. The highest BCUT2D eigenvalue weighted by Gasteiger charge is 2.14. The molecule has 0 bridgehead atoms. The Kier molecular flexibility index (Phi) is 6.74. The van der Waals surface area contributed by atoms with Crippen LogP contribution in [0.2, 0.25) is 0 Å². The molecule has 0 aliphatic heterocycles. The van der Waals surface area contributed by atoms with E-state index in [0.29, 0.717) is 16.4 Å². The number of hydrazine groups is 1. The van der Waals surface area contributed by atoms with Crippen molar-refractivity contribution in [3.63, 3.8) is 0 Å². The Morgan fingerprint density at radius 3 is 2.71 bits per heavy atom. The number of hydrogen-bond donors (Lipinski definition) is 3. The number of amides is 1. The van der Waals surface area contributed by atoms with Crippen molar-refractivity contribution in [2.45, 2.75) is 26.2 Å². The zero-order valence-corrected chi connectivity index (χ0v) is 14.2. The third-order valence-corrected chi connectivity index (χ3v) is 3.57. The zero-order chi connectivity index (χ0) is 17.4. The largest absolute Gasteiger partial charge is 0.451 e. The normalized spacial score (nSPS) is 10.2. The van der Waals surface area contributed by atoms with E-state index in [1.807, 2.05) is 0 Å². The second kappa shape index (κ2) is 9.02. The lowest BCUT2D eigenvalue weighted by Crippen LogP contribution is -2.46. The third-order valence-electron chi connectivity index (χ3n) is 3.32. The highest BCUT2D eigenvalue weighted by atomic mass is 32.1. The van der Waals surface area contributed by atoms with E-state index < -0.39 is 11.7 Å². The van der Waals surface area contributed by atoms with Gasteiger partial charge in [-0.05, 0) is 42.9 Å². The average Bonchev–Trinajstić information content (AvgIpc) is 3.07. The van der Waals surface area contributed by atoms with E-state index in [-0.39, 0.29) is 5.76 Å². The molecule has 2 rings (SSSR count). The molecule has 0 unspecified atom stereocenters. The second-order valence-electron chi connectivity index (χ2n) is 5.19. The number of benzene rings is 1. The molecule has 1 amide bonds. The minimum absolute atomic E-state index is 0.0644. The van der Waals surface area contributed by atoms with Crippen molar-refractivity contribution in [3.8, 4) is 11.3 Å². The first kappa shape index (κ1) is 17.9. The molecule has 1 heterocycles. The fourth-order valence-corrected chi connectivity index (χ4v) is 2.22. The number of carbonyl (C=O) groups is 1. The number of hydrogen-bond acceptors (Lipinski definition) is 3. The van der Waals surface area contributed by atoms with Gasteiger partial charge in [-0.15, -0.1) is 0 Å². The summed E-state index contributed by atoms with van der Waals surface area (Å²) in [6, 6.07) is 9.25. The summed E-state index contributed by atoms with van der Waals surface area (Å²) in [5, 5.41) is 3.32. The zero-order valence-electron chi connectivity index (χ0n) is 13.4. The quantitative estimate of drug-likeness (QED) is 0.424. The van der Waals surface area contributed by atoms with Gasteiger partial charge in [-0.1, -0.05) is 31.9 Å². The Morgan fingerprint density at radius 1 is 1.17 bits per heavy atom. The molecule has 0 saturated heterocycles. The molecule has 0 atom stereocenters. The Morgan fingerprint density at radius 2 is 1.96 bits per heavy atom. The molecule has 0 aliphatic carbocycles. The van der Waals surface area contributed by atoms with Gasteiger partial charge in [0.15, 0.2) is 10.9 Å². The van der Waals surface area contributed by atoms with E-state index in [1.165, 1.54) is 12.1 Å². The number of furan rings is 1. The molecule has 5 nitrogen and oxygen atoms in total. The van der Waals surface area contributed by atoms with Gasteiger partial charge in [-0.25, -0.2) is 4.39 Å². The Labute approximate surface area is 145 Å². The Balaban J connectivity index is 1.85. The lowest BCUT2D eigenvalue weighted by atomic mass is 10.1. The fraction of sp³-hybridized carbons (Fsp3) is 0.294. The second-order valence-corrected chi connectivity index (χ2v) is 5.59. The van der Waals surface area contributed by atoms with Gasteiger partial charge in [0.25, 0.3) is 0 Å². The molecular weight excluding hydrogens is 329 g/mol. The maximum atomic E-state index is 13.7. The molecule has 24 heavy (non-hydrogen) atoms. The maximum absolute atomic E-state index is 13.7. The molecule has 0 radical (unpaired) electrons. The van der Waals surface area contributed by atoms with Crippen LogP contribution in [0.3, 0.4) is 0 Å². The summed E-state index contributed by atoms with van der Waals surface area (Å²) in [7, 11) is 0. The van der Waals surface area contributed by atoms with Gasteiger partial charge in [0.05, 0.1) is 5.56 Å². The molecular formula is C17H20FN3O2S. The number of halogens is 1. The van der Waals surface area contributed by atoms with Crippen molar-refractivity contribution in [2.24, 2.45) is 0 Å². The summed E-state index contributed by atoms with van der Waals surface area (Å²) in [6.45, 7) is 2.86. The summed E-state index contributed by atoms with van der Waals surface area (Å²) in [6.07, 6.45) is 3.26. The summed E-state index contributed by atoms with van der Waals surface area (Å²) in [5.74, 6) is -0.544. The summed E-state index contributed by atoms with van der Waals surface area (Å²) < 4.78 is 19.1. The molecule has 128 valence electrons. The highest BCUT2D eigenvalue weighted by molar-refractivity contribution is 7.80. The fourth-order valence-electron chi connectivity index (χ4n) is 2.06. The van der Waals surface area contributed by atoms with Gasteiger partial charge in [0, 0.05) is 6.54 Å². The van der Waals surface area contributed by atoms with Gasteiger partial charge in [-0.3, -0.25) is 15.6 Å². The molecule has 0 aliphatic rings. The number of thiocarbonyl (C=S) groups is 1. The SMILES string of the molecule is CCCCCNC(=S)NNC(=O)c1ccc(-c2ccccc2F)o1. The van der Waals surface area contributed by atoms with E-state index in [1.54, 1.807) is 24.3 Å². The minimum atomic E-state index is -0.490. The van der Waals surface area contributed by atoms with Gasteiger partial charge >= 0.3 is 5.91 Å². The summed E-state index contributed by atoms with van der Waals surface area (Å²) in [5.41, 5.74) is 5.35. The smallest absolute Gasteiger partial charge is 0.305 e. The maximum Gasteiger partial charge on any atom is 0.305 e. The summed E-state index contributed by atoms with van der Waals surface area (Å²) >= 11 is 5.05. The van der Waals surface area contributed by atoms with Crippen LogP contribution in [-0.4, -0.2) is 17.6 Å². The van der Waals surface area contributed by atoms with Crippen LogP contribution in [0, 0.1) is 5.82 Å². The van der Waals surface area contributed by atoms with Crippen LogP contribution in [0.15, 0.2) is 40.8 Å². The first-order chi connectivity index (χ1) is 11.6. The molecule has 0 fully saturated rings. The van der Waals surface area contributed by atoms with Crippen LogP contribution < -0.4 is 16.2 Å². The van der Waals surface area contributed by atoms with Crippen LogP contribution in [0.1, 0.15) is 36.7 Å². The number of carbonyl (C=O) groups excluding carboxylic acids is 1. The molecule has 0 spiro atoms. The first-order valence-corrected chi connectivity index (χ1v) is 8.21. The minimum Gasteiger partial charge on any atom is -0.451 e. The predicted molar refractivity (Wildman–Crippen MR) is 94.8 cm³/mol. The van der Waals surface area contributed by atoms with E-state index in [2.05, 4.69) is 23.1 Å². The average molecular weight is 349 g/mol. The van der Waals surface area contributed by atoms with E-state index in [4.69, 9.17) is 16.6 Å². The van der Waals surface area contributed by atoms with Crippen molar-refractivity contribution in [2.75, 3.05) is 6.54 Å². The molecule has 1 aromatic carbocycles. The lowest BCUT2D eigenvalue weighted by molar-refractivity contribution is 0.0916. The van der Waals surface area contributed by atoms with Crippen LogP contribution in [0.25, 0.3) is 11.3 Å². The number of rotatable bonds is 6. The molecule has 3 N–H and O–H groups in total. The standard InChI is InChI=1S/C17H20FN3O2S/c1-2-3-6-11-19-17(24)21-20-16(22)15-10-9-14(23-15)12-7-4-5-8-13(12)18/h4-5,7-10H,2-3,6,11H2,1H3,(H,20,22)(H2,19,21,24). The van der Waals surface area contributed by atoms with Gasteiger partial charge in [0.1, 0.15) is 11.6 Å². The van der Waals surface area contributed by atoms with Crippen molar-refractivity contribution < 1.29 is 13.6 Å². The molecule has 1 aromatic heterocycles. The Bertz CT molecular complexity index is 703. The van der Waals surface area contributed by atoms with Crippen LogP contribution in [-0.2, 0) is 0 Å². The van der Waals surface area contributed by atoms with Crippen LogP contribution >= 0.6 is 12.2 Å². The van der Waals surface area contributed by atoms with Gasteiger partial charge in [-0.2, -0.15) is 0 Å². The molecule has 0 saturated carbocycles. The number of nitrogens with one attached hydrogen (secondary N) is 3. The van der Waals surface area contributed by atoms with Gasteiger partial charge < -0.3 is 9.73 Å². The first-order valence-electron chi connectivity index (χ1n) is 7.80. The monoisotopic (exact) mass is 349 g/mol. The van der Waals surface area contributed by atoms with Crippen molar-refractivity contribution in [3.05, 3.63) is 48.0 Å². The third kappa shape index (κ3) is 5.06. The van der Waals surface area contributed by atoms with Crippen LogP contribution in [0.4, 0.5) is 4.39 Å². The van der Waals surface area contributed by atoms with E-state index in [0.717, 1.165) is 25.8 Å². The van der Waals surface area contributed by atoms with Crippen molar-refractivity contribution in [1.29, 1.82) is 0 Å². The highest BCUT2D eigenvalue weighted by Crippen LogP contribution is 2.24. The number of unbranched alkanes of at least 4 members (excludes halogenated alkanes) is 2. The van der Waals surface area contributed by atoms with Gasteiger partial charge in [0.2, 0.25) is 0 Å². The topological polar surface area (TPSA) is 66.3 Å². The molecule has 7 heteroatoms. The van der Waals surface area contributed by atoms with E-state index >= 15 is 0 Å². The van der Waals surface area contributed by atoms with E-state index in [9.17, 15) is 9.18 Å². The Hall–Kier alpha value is -2.41. The predicted octanol–water partition coefficient (Wildman–Crippen LogP) is 3.38. The lowest BCUT2D eigenvalue weighted by Gasteiger charge is -2.10. The summed E-state index contributed by atoms with van der Waals surface area (Å²) in [4.78, 5) is 12.0.